The van der Waals surface area contributed by atoms with Gasteiger partial charge in [-0.05, 0) is 38.0 Å². The number of pyridine rings is 1. The van der Waals surface area contributed by atoms with E-state index in [4.69, 9.17) is 5.11 Å². The Bertz CT molecular complexity index is 574. The molecule has 1 N–H and O–H groups in total. The maximum atomic E-state index is 10.6. The van der Waals surface area contributed by atoms with E-state index in [0.29, 0.717) is 12.2 Å². The van der Waals surface area contributed by atoms with Crippen LogP contribution in [0.1, 0.15) is 23.4 Å². The van der Waals surface area contributed by atoms with Crippen molar-refractivity contribution < 1.29 is 9.90 Å². The molecule has 0 radical (unpaired) electrons. The fraction of sp³-hybridized carbons (Fsp3) is 0.286. The molecule has 98 valence electrons. The quantitative estimate of drug-likeness (QED) is 0.908. The van der Waals surface area contributed by atoms with Crippen LogP contribution in [0.25, 0.3) is 11.5 Å². The van der Waals surface area contributed by atoms with Gasteiger partial charge in [0.2, 0.25) is 0 Å². The van der Waals surface area contributed by atoms with E-state index in [9.17, 15) is 4.79 Å². The number of hydrogen-bond donors (Lipinski definition) is 1. The van der Waals surface area contributed by atoms with E-state index in [2.05, 4.69) is 15.0 Å². The van der Waals surface area contributed by atoms with E-state index in [-0.39, 0.29) is 6.42 Å². The van der Waals surface area contributed by atoms with Gasteiger partial charge in [0.15, 0.2) is 5.82 Å². The highest BCUT2D eigenvalue weighted by Crippen LogP contribution is 2.18. The van der Waals surface area contributed by atoms with Crippen LogP contribution < -0.4 is 0 Å². The van der Waals surface area contributed by atoms with Gasteiger partial charge in [-0.3, -0.25) is 9.78 Å². The van der Waals surface area contributed by atoms with Gasteiger partial charge >= 0.3 is 5.97 Å². The summed E-state index contributed by atoms with van der Waals surface area (Å²) in [7, 11) is 0. The lowest BCUT2D eigenvalue weighted by molar-refractivity contribution is -0.136. The van der Waals surface area contributed by atoms with Gasteiger partial charge in [0.1, 0.15) is 5.69 Å². The van der Waals surface area contributed by atoms with Crippen molar-refractivity contribution in [3.63, 3.8) is 0 Å². The van der Waals surface area contributed by atoms with Gasteiger partial charge in [0.05, 0.1) is 0 Å². The summed E-state index contributed by atoms with van der Waals surface area (Å²) in [5.74, 6) is -0.234. The molecular formula is C14H15N3O2. The third-order valence-electron chi connectivity index (χ3n) is 2.90. The average Bonchev–Trinajstić information content (AvgIpc) is 2.38. The highest BCUT2D eigenvalue weighted by Gasteiger charge is 2.11. The molecule has 0 spiro atoms. The maximum Gasteiger partial charge on any atom is 0.303 e. The number of nitrogens with zero attached hydrogens (tertiary/aromatic N) is 3. The molecule has 5 heteroatoms. The summed E-state index contributed by atoms with van der Waals surface area (Å²) in [5.41, 5.74) is 3.25. The number of carboxylic acid groups (broad SMARTS) is 1. The molecule has 0 aliphatic rings. The Kier molecular flexibility index (Phi) is 3.85. The van der Waals surface area contributed by atoms with Crippen LogP contribution in [0.3, 0.4) is 0 Å². The van der Waals surface area contributed by atoms with Crippen LogP contribution in [0.2, 0.25) is 0 Å². The van der Waals surface area contributed by atoms with E-state index in [1.54, 1.807) is 6.20 Å². The standard InChI is InChI=1S/C14H15N3O2/c1-9-11(6-7-13(18)19)10(2)17-14(16-9)12-5-3-4-8-15-12/h3-5,8H,6-7H2,1-2H3,(H,18,19). The number of aromatic nitrogens is 3. The molecule has 0 saturated heterocycles. The summed E-state index contributed by atoms with van der Waals surface area (Å²) >= 11 is 0. The zero-order valence-electron chi connectivity index (χ0n) is 10.9. The Labute approximate surface area is 111 Å². The van der Waals surface area contributed by atoms with Crippen molar-refractivity contribution in [1.82, 2.24) is 15.0 Å². The average molecular weight is 257 g/mol. The van der Waals surface area contributed by atoms with Gasteiger partial charge < -0.3 is 5.11 Å². The van der Waals surface area contributed by atoms with E-state index >= 15 is 0 Å². The van der Waals surface area contributed by atoms with Crippen molar-refractivity contribution in [2.75, 3.05) is 0 Å². The monoisotopic (exact) mass is 257 g/mol. The van der Waals surface area contributed by atoms with Gasteiger partial charge in [0, 0.05) is 24.0 Å². The predicted molar refractivity (Wildman–Crippen MR) is 70.7 cm³/mol. The van der Waals surface area contributed by atoms with Crippen molar-refractivity contribution in [3.8, 4) is 11.5 Å². The second-order valence-corrected chi connectivity index (χ2v) is 4.31. The first kappa shape index (κ1) is 13.1. The Hall–Kier alpha value is -2.30. The Morgan fingerprint density at radius 2 is 1.89 bits per heavy atom. The zero-order valence-corrected chi connectivity index (χ0v) is 10.9. The highest BCUT2D eigenvalue weighted by molar-refractivity contribution is 5.67. The molecule has 0 amide bonds. The minimum atomic E-state index is -0.812. The van der Waals surface area contributed by atoms with Gasteiger partial charge in [-0.2, -0.15) is 0 Å². The first-order chi connectivity index (χ1) is 9.08. The van der Waals surface area contributed by atoms with Crippen LogP contribution in [-0.2, 0) is 11.2 Å². The van der Waals surface area contributed by atoms with E-state index < -0.39 is 5.97 Å². The topological polar surface area (TPSA) is 76.0 Å². The molecule has 0 unspecified atom stereocenters. The summed E-state index contributed by atoms with van der Waals surface area (Å²) in [4.78, 5) is 23.7. The van der Waals surface area contributed by atoms with Crippen LogP contribution in [0, 0.1) is 13.8 Å². The predicted octanol–water partition coefficient (Wildman–Crippen LogP) is 2.17. The molecule has 19 heavy (non-hydrogen) atoms. The number of hydrogen-bond acceptors (Lipinski definition) is 4. The second kappa shape index (κ2) is 5.56. The summed E-state index contributed by atoms with van der Waals surface area (Å²) in [6.45, 7) is 3.75. The Morgan fingerprint density at radius 3 is 2.42 bits per heavy atom. The van der Waals surface area contributed by atoms with Gasteiger partial charge in [-0.1, -0.05) is 6.07 Å². The normalized spacial score (nSPS) is 10.4. The molecule has 2 aromatic rings. The van der Waals surface area contributed by atoms with Gasteiger partial charge in [0.25, 0.3) is 0 Å². The van der Waals surface area contributed by atoms with Crippen molar-refractivity contribution in [2.45, 2.75) is 26.7 Å². The minimum Gasteiger partial charge on any atom is -0.481 e. The molecule has 0 fully saturated rings. The van der Waals surface area contributed by atoms with Crippen molar-refractivity contribution in [2.24, 2.45) is 0 Å². The molecule has 0 atom stereocenters. The molecule has 0 saturated carbocycles. The first-order valence-electron chi connectivity index (χ1n) is 6.05. The van der Waals surface area contributed by atoms with Crippen LogP contribution in [0.5, 0.6) is 0 Å². The molecule has 0 aliphatic heterocycles. The summed E-state index contributed by atoms with van der Waals surface area (Å²) in [6.07, 6.45) is 2.24. The van der Waals surface area contributed by atoms with Crippen LogP contribution in [0.15, 0.2) is 24.4 Å². The van der Waals surface area contributed by atoms with Crippen molar-refractivity contribution in [1.29, 1.82) is 0 Å². The molecule has 2 rings (SSSR count). The summed E-state index contributed by atoms with van der Waals surface area (Å²) < 4.78 is 0. The van der Waals surface area contributed by atoms with Crippen LogP contribution in [0.4, 0.5) is 0 Å². The number of aliphatic carboxylic acids is 1. The Balaban J connectivity index is 2.34. The lowest BCUT2D eigenvalue weighted by atomic mass is 10.1. The van der Waals surface area contributed by atoms with Crippen molar-refractivity contribution in [3.05, 3.63) is 41.3 Å². The number of carbonyl (C=O) groups is 1. The highest BCUT2D eigenvalue weighted by atomic mass is 16.4. The van der Waals surface area contributed by atoms with Crippen molar-refractivity contribution >= 4 is 5.97 Å². The molecule has 0 aromatic carbocycles. The fourth-order valence-corrected chi connectivity index (χ4v) is 1.94. The minimum absolute atomic E-state index is 0.0912. The van der Waals surface area contributed by atoms with E-state index in [0.717, 1.165) is 22.6 Å². The third kappa shape index (κ3) is 3.13. The number of aryl methyl sites for hydroxylation is 2. The fourth-order valence-electron chi connectivity index (χ4n) is 1.94. The van der Waals surface area contributed by atoms with Gasteiger partial charge in [-0.25, -0.2) is 9.97 Å². The third-order valence-corrected chi connectivity index (χ3v) is 2.90. The molecule has 5 nitrogen and oxygen atoms in total. The summed E-state index contributed by atoms with van der Waals surface area (Å²) in [5, 5.41) is 8.74. The first-order valence-corrected chi connectivity index (χ1v) is 6.05. The van der Waals surface area contributed by atoms with Crippen LogP contribution >= 0.6 is 0 Å². The lowest BCUT2D eigenvalue weighted by Crippen LogP contribution is -2.06. The van der Waals surface area contributed by atoms with E-state index in [1.807, 2.05) is 32.0 Å². The molecule has 2 aromatic heterocycles. The van der Waals surface area contributed by atoms with E-state index in [1.165, 1.54) is 0 Å². The molecule has 2 heterocycles. The molecule has 0 aliphatic carbocycles. The summed E-state index contributed by atoms with van der Waals surface area (Å²) in [6, 6.07) is 5.57. The maximum absolute atomic E-state index is 10.6. The largest absolute Gasteiger partial charge is 0.481 e. The zero-order chi connectivity index (χ0) is 13.8. The Morgan fingerprint density at radius 1 is 1.21 bits per heavy atom. The lowest BCUT2D eigenvalue weighted by Gasteiger charge is -2.09. The number of rotatable bonds is 4. The number of carboxylic acids is 1. The van der Waals surface area contributed by atoms with Gasteiger partial charge in [-0.15, -0.1) is 0 Å². The molecule has 0 bridgehead atoms. The molecular weight excluding hydrogens is 242 g/mol. The smallest absolute Gasteiger partial charge is 0.303 e. The van der Waals surface area contributed by atoms with Crippen LogP contribution in [-0.4, -0.2) is 26.0 Å². The SMILES string of the molecule is Cc1nc(-c2ccccn2)nc(C)c1CCC(=O)O. The second-order valence-electron chi connectivity index (χ2n) is 4.31.